The number of likely N-dealkylation sites (N-methyl/N-ethyl adjacent to an activating group) is 1. The van der Waals surface area contributed by atoms with Crippen LogP contribution in [-0.2, 0) is 4.79 Å². The van der Waals surface area contributed by atoms with Crippen LogP contribution in [0.1, 0.15) is 12.8 Å². The molecule has 1 unspecified atom stereocenters. The molecule has 92 valence electrons. The third kappa shape index (κ3) is 2.35. The number of carbonyl (C=O) groups is 1. The summed E-state index contributed by atoms with van der Waals surface area (Å²) in [5.41, 5.74) is 7.51. The monoisotopic (exact) mass is 233 g/mol. The molecule has 1 aromatic carbocycles. The summed E-state index contributed by atoms with van der Waals surface area (Å²) < 4.78 is 0. The van der Waals surface area contributed by atoms with Crippen molar-refractivity contribution in [3.8, 4) is 0 Å². The SMILES string of the molecule is CN(C)C(=O)C1CCCN1c1ccc(N)cc1. The van der Waals surface area contributed by atoms with E-state index < -0.39 is 0 Å². The summed E-state index contributed by atoms with van der Waals surface area (Å²) in [6.45, 7) is 0.939. The number of nitrogens with two attached hydrogens (primary N) is 1. The van der Waals surface area contributed by atoms with Crippen LogP contribution in [0.2, 0.25) is 0 Å². The fourth-order valence-electron chi connectivity index (χ4n) is 2.30. The van der Waals surface area contributed by atoms with Gasteiger partial charge in [0.25, 0.3) is 0 Å². The Bertz CT molecular complexity index is 400. The molecule has 1 aliphatic heterocycles. The number of nitrogens with zero attached hydrogens (tertiary/aromatic N) is 2. The first-order valence-corrected chi connectivity index (χ1v) is 5.93. The normalized spacial score (nSPS) is 19.4. The average Bonchev–Trinajstić information content (AvgIpc) is 2.77. The van der Waals surface area contributed by atoms with Gasteiger partial charge < -0.3 is 15.5 Å². The van der Waals surface area contributed by atoms with Crippen molar-refractivity contribution in [2.45, 2.75) is 18.9 Å². The Morgan fingerprint density at radius 3 is 2.59 bits per heavy atom. The largest absolute Gasteiger partial charge is 0.399 e. The zero-order valence-corrected chi connectivity index (χ0v) is 10.4. The third-order valence-corrected chi connectivity index (χ3v) is 3.20. The fourth-order valence-corrected chi connectivity index (χ4v) is 2.30. The topological polar surface area (TPSA) is 49.6 Å². The highest BCUT2D eigenvalue weighted by molar-refractivity contribution is 5.85. The summed E-state index contributed by atoms with van der Waals surface area (Å²) >= 11 is 0. The van der Waals surface area contributed by atoms with Gasteiger partial charge in [0.1, 0.15) is 6.04 Å². The molecule has 1 saturated heterocycles. The number of carbonyl (C=O) groups excluding carboxylic acids is 1. The zero-order chi connectivity index (χ0) is 12.4. The second-order valence-corrected chi connectivity index (χ2v) is 4.68. The predicted octanol–water partition coefficient (Wildman–Crippen LogP) is 1.33. The maximum atomic E-state index is 12.1. The number of rotatable bonds is 2. The number of hydrogen-bond acceptors (Lipinski definition) is 3. The first-order chi connectivity index (χ1) is 8.09. The van der Waals surface area contributed by atoms with Crippen molar-refractivity contribution >= 4 is 17.3 Å². The van der Waals surface area contributed by atoms with Crippen molar-refractivity contribution in [1.29, 1.82) is 0 Å². The van der Waals surface area contributed by atoms with E-state index in [1.807, 2.05) is 38.4 Å². The third-order valence-electron chi connectivity index (χ3n) is 3.20. The van der Waals surface area contributed by atoms with Gasteiger partial charge in [-0.25, -0.2) is 0 Å². The quantitative estimate of drug-likeness (QED) is 0.784. The first-order valence-electron chi connectivity index (χ1n) is 5.93. The Kier molecular flexibility index (Phi) is 3.22. The maximum Gasteiger partial charge on any atom is 0.244 e. The van der Waals surface area contributed by atoms with Crippen LogP contribution in [0.3, 0.4) is 0 Å². The van der Waals surface area contributed by atoms with Crippen LogP contribution in [0.25, 0.3) is 0 Å². The number of benzene rings is 1. The molecule has 0 saturated carbocycles. The standard InChI is InChI=1S/C13H19N3O/c1-15(2)13(17)12-4-3-9-16(12)11-7-5-10(14)6-8-11/h5-8,12H,3-4,9,14H2,1-2H3. The van der Waals surface area contributed by atoms with Gasteiger partial charge >= 0.3 is 0 Å². The highest BCUT2D eigenvalue weighted by atomic mass is 16.2. The summed E-state index contributed by atoms with van der Waals surface area (Å²) in [5.74, 6) is 0.180. The van der Waals surface area contributed by atoms with Gasteiger partial charge in [0.2, 0.25) is 5.91 Å². The van der Waals surface area contributed by atoms with Crippen molar-refractivity contribution in [2.75, 3.05) is 31.3 Å². The molecule has 17 heavy (non-hydrogen) atoms. The summed E-state index contributed by atoms with van der Waals surface area (Å²) in [4.78, 5) is 15.9. The minimum atomic E-state index is -0.0198. The summed E-state index contributed by atoms with van der Waals surface area (Å²) in [6.07, 6.45) is 2.00. The minimum absolute atomic E-state index is 0.0198. The predicted molar refractivity (Wildman–Crippen MR) is 69.9 cm³/mol. The average molecular weight is 233 g/mol. The molecule has 0 bridgehead atoms. The molecule has 0 aromatic heterocycles. The van der Waals surface area contributed by atoms with Gasteiger partial charge in [-0.2, -0.15) is 0 Å². The van der Waals surface area contributed by atoms with Gasteiger partial charge in [-0.05, 0) is 37.1 Å². The number of anilines is 2. The van der Waals surface area contributed by atoms with E-state index in [1.54, 1.807) is 4.90 Å². The molecule has 1 atom stereocenters. The van der Waals surface area contributed by atoms with Crippen LogP contribution < -0.4 is 10.6 Å². The minimum Gasteiger partial charge on any atom is -0.399 e. The molecule has 1 fully saturated rings. The van der Waals surface area contributed by atoms with Gasteiger partial charge in [0, 0.05) is 32.0 Å². The Morgan fingerprint density at radius 1 is 1.35 bits per heavy atom. The molecular weight excluding hydrogens is 214 g/mol. The lowest BCUT2D eigenvalue weighted by Crippen LogP contribution is -2.42. The number of amides is 1. The van der Waals surface area contributed by atoms with Gasteiger partial charge in [-0.3, -0.25) is 4.79 Å². The van der Waals surface area contributed by atoms with E-state index in [9.17, 15) is 4.79 Å². The number of nitrogen functional groups attached to an aromatic ring is 1. The van der Waals surface area contributed by atoms with Crippen LogP contribution >= 0.6 is 0 Å². The lowest BCUT2D eigenvalue weighted by molar-refractivity contribution is -0.129. The second kappa shape index (κ2) is 4.65. The molecule has 0 radical (unpaired) electrons. The summed E-state index contributed by atoms with van der Waals surface area (Å²) in [5, 5.41) is 0. The Hall–Kier alpha value is -1.71. The van der Waals surface area contributed by atoms with Gasteiger partial charge in [-0.15, -0.1) is 0 Å². The van der Waals surface area contributed by atoms with E-state index in [0.717, 1.165) is 30.8 Å². The molecule has 2 rings (SSSR count). The van der Waals surface area contributed by atoms with Gasteiger partial charge in [0.05, 0.1) is 0 Å². The Labute approximate surface area is 102 Å². The van der Waals surface area contributed by atoms with E-state index in [2.05, 4.69) is 4.90 Å². The van der Waals surface area contributed by atoms with Crippen LogP contribution in [0, 0.1) is 0 Å². The molecule has 1 aliphatic rings. The highest BCUT2D eigenvalue weighted by Gasteiger charge is 2.31. The van der Waals surface area contributed by atoms with E-state index >= 15 is 0 Å². The lowest BCUT2D eigenvalue weighted by atomic mass is 10.2. The van der Waals surface area contributed by atoms with Crippen LogP contribution in [0.5, 0.6) is 0 Å². The Balaban J connectivity index is 2.20. The molecule has 2 N–H and O–H groups in total. The van der Waals surface area contributed by atoms with Crippen LogP contribution in [0.4, 0.5) is 11.4 Å². The molecule has 1 aromatic rings. The molecule has 1 heterocycles. The molecule has 4 nitrogen and oxygen atoms in total. The van der Waals surface area contributed by atoms with E-state index in [0.29, 0.717) is 0 Å². The zero-order valence-electron chi connectivity index (χ0n) is 10.4. The first kappa shape index (κ1) is 11.8. The molecule has 0 spiro atoms. The summed E-state index contributed by atoms with van der Waals surface area (Å²) in [6, 6.07) is 7.71. The maximum absolute atomic E-state index is 12.1. The van der Waals surface area contributed by atoms with Crippen LogP contribution in [-0.4, -0.2) is 37.5 Å². The highest BCUT2D eigenvalue weighted by Crippen LogP contribution is 2.26. The van der Waals surface area contributed by atoms with Crippen molar-refractivity contribution in [2.24, 2.45) is 0 Å². The number of hydrogen-bond donors (Lipinski definition) is 1. The summed E-state index contributed by atoms with van der Waals surface area (Å²) in [7, 11) is 3.61. The molecular formula is C13H19N3O. The van der Waals surface area contributed by atoms with E-state index in [1.165, 1.54) is 0 Å². The van der Waals surface area contributed by atoms with Gasteiger partial charge in [0.15, 0.2) is 0 Å². The van der Waals surface area contributed by atoms with Crippen molar-refractivity contribution < 1.29 is 4.79 Å². The Morgan fingerprint density at radius 2 is 2.00 bits per heavy atom. The van der Waals surface area contributed by atoms with Crippen LogP contribution in [0.15, 0.2) is 24.3 Å². The van der Waals surface area contributed by atoms with E-state index in [-0.39, 0.29) is 11.9 Å². The molecule has 4 heteroatoms. The van der Waals surface area contributed by atoms with Crippen molar-refractivity contribution in [1.82, 2.24) is 4.90 Å². The fraction of sp³-hybridized carbons (Fsp3) is 0.462. The van der Waals surface area contributed by atoms with Crippen molar-refractivity contribution in [3.63, 3.8) is 0 Å². The lowest BCUT2D eigenvalue weighted by Gasteiger charge is -2.28. The smallest absolute Gasteiger partial charge is 0.244 e. The second-order valence-electron chi connectivity index (χ2n) is 4.68. The van der Waals surface area contributed by atoms with E-state index in [4.69, 9.17) is 5.73 Å². The molecule has 0 aliphatic carbocycles. The van der Waals surface area contributed by atoms with Crippen molar-refractivity contribution in [3.05, 3.63) is 24.3 Å². The molecule has 1 amide bonds. The van der Waals surface area contributed by atoms with Gasteiger partial charge in [-0.1, -0.05) is 0 Å².